The molecule has 1 amide bonds. The molecule has 0 aliphatic carbocycles. The van der Waals surface area contributed by atoms with Crippen molar-refractivity contribution in [2.45, 2.75) is 4.21 Å². The summed E-state index contributed by atoms with van der Waals surface area (Å²) in [5.41, 5.74) is 0. The van der Waals surface area contributed by atoms with Crippen molar-refractivity contribution >= 4 is 43.2 Å². The van der Waals surface area contributed by atoms with Crippen molar-refractivity contribution in [3.8, 4) is 0 Å². The minimum atomic E-state index is -4.00. The first-order chi connectivity index (χ1) is 10.4. The highest BCUT2D eigenvalue weighted by Crippen LogP contribution is 2.31. The molecule has 2 rings (SSSR count). The molecule has 124 valence electrons. The number of nitrogens with zero attached hydrogens (tertiary/aromatic N) is 1. The Morgan fingerprint density at radius 1 is 1.45 bits per heavy atom. The van der Waals surface area contributed by atoms with Crippen LogP contribution in [0.3, 0.4) is 0 Å². The van der Waals surface area contributed by atoms with Gasteiger partial charge >= 0.3 is 0 Å². The van der Waals surface area contributed by atoms with Crippen LogP contribution in [0.4, 0.5) is 0 Å². The van der Waals surface area contributed by atoms with E-state index in [0.29, 0.717) is 26.3 Å². The number of hydrogen-bond donors (Lipinski definition) is 3. The molecule has 2 heterocycles. The highest BCUT2D eigenvalue weighted by Gasteiger charge is 2.23. The largest absolute Gasteiger partial charge is 0.379 e. The normalized spacial score (nSPS) is 16.6. The van der Waals surface area contributed by atoms with Gasteiger partial charge in [0, 0.05) is 30.7 Å². The lowest BCUT2D eigenvalue weighted by atomic mass is 10.4. The Labute approximate surface area is 140 Å². The predicted octanol–water partition coefficient (Wildman–Crippen LogP) is 0.240. The highest BCUT2D eigenvalue weighted by molar-refractivity contribution is 9.10. The van der Waals surface area contributed by atoms with E-state index in [2.05, 4.69) is 26.1 Å². The summed E-state index contributed by atoms with van der Waals surface area (Å²) in [4.78, 5) is 15.7. The first kappa shape index (κ1) is 17.8. The van der Waals surface area contributed by atoms with Crippen LogP contribution in [-0.2, 0) is 14.8 Å². The van der Waals surface area contributed by atoms with Crippen LogP contribution in [0.1, 0.15) is 9.67 Å². The minimum Gasteiger partial charge on any atom is -0.379 e. The van der Waals surface area contributed by atoms with Gasteiger partial charge in [-0.15, -0.1) is 11.3 Å². The van der Waals surface area contributed by atoms with Crippen molar-refractivity contribution in [3.63, 3.8) is 0 Å². The third-order valence-corrected chi connectivity index (χ3v) is 7.00. The zero-order chi connectivity index (χ0) is 16.2. The van der Waals surface area contributed by atoms with Crippen molar-refractivity contribution in [1.29, 1.82) is 0 Å². The number of hydrogen-bond acceptors (Lipinski definition) is 7. The summed E-state index contributed by atoms with van der Waals surface area (Å²) in [7, 11) is -4.00. The van der Waals surface area contributed by atoms with Crippen LogP contribution < -0.4 is 10.2 Å². The Kier molecular flexibility index (Phi) is 6.32. The van der Waals surface area contributed by atoms with Crippen LogP contribution in [0.5, 0.6) is 0 Å². The van der Waals surface area contributed by atoms with Crippen LogP contribution in [0.2, 0.25) is 0 Å². The molecular weight excluding hydrogens is 398 g/mol. The monoisotopic (exact) mass is 413 g/mol. The summed E-state index contributed by atoms with van der Waals surface area (Å²) in [6.45, 7) is 4.25. The smallest absolute Gasteiger partial charge is 0.272 e. The molecule has 1 fully saturated rings. The van der Waals surface area contributed by atoms with E-state index in [-0.39, 0.29) is 19.5 Å². The Bertz CT molecular complexity index is 628. The first-order valence-electron chi connectivity index (χ1n) is 6.47. The van der Waals surface area contributed by atoms with E-state index in [9.17, 15) is 13.2 Å². The number of halogens is 1. The molecule has 0 radical (unpaired) electrons. The predicted molar refractivity (Wildman–Crippen MR) is 83.7 cm³/mol. The lowest BCUT2D eigenvalue weighted by Crippen LogP contribution is -2.41. The standard InChI is InChI=1S/C11H16BrN3O5S2/c12-8-7-9(21-11(8)22(18,19)14-17)10(16)13-1-2-15-3-5-20-6-4-15/h7,14,17H,1-6H2,(H,13,16). The Hall–Kier alpha value is -0.560. The van der Waals surface area contributed by atoms with Gasteiger partial charge in [0.1, 0.15) is 0 Å². The SMILES string of the molecule is O=C(NCCN1CCOCC1)c1cc(Br)c(S(=O)(=O)NO)s1. The number of ether oxygens (including phenoxy) is 1. The first-order valence-corrected chi connectivity index (χ1v) is 9.57. The summed E-state index contributed by atoms with van der Waals surface area (Å²) in [6, 6.07) is 1.42. The summed E-state index contributed by atoms with van der Waals surface area (Å²) < 4.78 is 28.4. The zero-order valence-corrected chi connectivity index (χ0v) is 14.8. The maximum atomic E-state index is 12.0. The average molecular weight is 414 g/mol. The quantitative estimate of drug-likeness (QED) is 0.576. The van der Waals surface area contributed by atoms with Gasteiger partial charge in [0.05, 0.1) is 18.1 Å². The van der Waals surface area contributed by atoms with E-state index in [0.717, 1.165) is 24.4 Å². The van der Waals surface area contributed by atoms with Gasteiger partial charge in [-0.1, -0.05) is 4.89 Å². The zero-order valence-electron chi connectivity index (χ0n) is 11.5. The van der Waals surface area contributed by atoms with E-state index < -0.39 is 10.0 Å². The summed E-state index contributed by atoms with van der Waals surface area (Å²) in [5.74, 6) is -0.349. The van der Waals surface area contributed by atoms with Crippen molar-refractivity contribution in [3.05, 3.63) is 15.4 Å². The molecule has 1 aliphatic rings. The fourth-order valence-corrected chi connectivity index (χ4v) is 5.11. The van der Waals surface area contributed by atoms with Crippen LogP contribution in [0.15, 0.2) is 14.7 Å². The fourth-order valence-electron chi connectivity index (χ4n) is 1.93. The number of carbonyl (C=O) groups excluding carboxylic acids is 1. The lowest BCUT2D eigenvalue weighted by Gasteiger charge is -2.26. The Morgan fingerprint density at radius 3 is 2.77 bits per heavy atom. The van der Waals surface area contributed by atoms with E-state index >= 15 is 0 Å². The molecule has 1 aromatic heterocycles. The third-order valence-electron chi connectivity index (χ3n) is 3.06. The minimum absolute atomic E-state index is 0.145. The number of carbonyl (C=O) groups is 1. The highest BCUT2D eigenvalue weighted by atomic mass is 79.9. The second-order valence-corrected chi connectivity index (χ2v) is 8.31. The number of nitrogens with one attached hydrogen (secondary N) is 2. The van der Waals surface area contributed by atoms with Gasteiger partial charge in [0.2, 0.25) is 0 Å². The van der Waals surface area contributed by atoms with Gasteiger partial charge in [-0.3, -0.25) is 9.69 Å². The molecule has 0 aromatic carbocycles. The van der Waals surface area contributed by atoms with Crippen LogP contribution >= 0.6 is 27.3 Å². The molecule has 3 N–H and O–H groups in total. The summed E-state index contributed by atoms with van der Waals surface area (Å²) in [6.07, 6.45) is 0. The molecular formula is C11H16BrN3O5S2. The second kappa shape index (κ2) is 7.81. The molecule has 0 bridgehead atoms. The van der Waals surface area contributed by atoms with E-state index in [1.54, 1.807) is 0 Å². The van der Waals surface area contributed by atoms with Crippen molar-refractivity contribution in [1.82, 2.24) is 15.1 Å². The van der Waals surface area contributed by atoms with Gasteiger partial charge in [-0.2, -0.15) is 0 Å². The number of thiophene rings is 1. The molecule has 8 nitrogen and oxygen atoms in total. The number of amides is 1. The van der Waals surface area contributed by atoms with Crippen LogP contribution in [-0.4, -0.2) is 63.8 Å². The fraction of sp³-hybridized carbons (Fsp3) is 0.545. The van der Waals surface area contributed by atoms with E-state index in [1.165, 1.54) is 11.0 Å². The van der Waals surface area contributed by atoms with Gasteiger partial charge in [-0.25, -0.2) is 8.42 Å². The molecule has 1 aliphatic heterocycles. The molecule has 0 saturated carbocycles. The Morgan fingerprint density at radius 2 is 2.14 bits per heavy atom. The van der Waals surface area contributed by atoms with E-state index in [4.69, 9.17) is 9.94 Å². The van der Waals surface area contributed by atoms with Gasteiger partial charge in [-0.05, 0) is 22.0 Å². The van der Waals surface area contributed by atoms with Gasteiger partial charge in [0.25, 0.3) is 15.9 Å². The molecule has 1 saturated heterocycles. The number of sulfonamides is 1. The Balaban J connectivity index is 1.91. The average Bonchev–Trinajstić information content (AvgIpc) is 2.91. The molecule has 11 heteroatoms. The van der Waals surface area contributed by atoms with Gasteiger partial charge < -0.3 is 15.3 Å². The molecule has 22 heavy (non-hydrogen) atoms. The molecule has 0 spiro atoms. The van der Waals surface area contributed by atoms with Crippen LogP contribution in [0, 0.1) is 0 Å². The molecule has 0 unspecified atom stereocenters. The topological polar surface area (TPSA) is 108 Å². The summed E-state index contributed by atoms with van der Waals surface area (Å²) in [5, 5.41) is 11.4. The van der Waals surface area contributed by atoms with Crippen molar-refractivity contribution in [2.24, 2.45) is 0 Å². The van der Waals surface area contributed by atoms with Gasteiger partial charge in [0.15, 0.2) is 4.21 Å². The maximum Gasteiger partial charge on any atom is 0.272 e. The third kappa shape index (κ3) is 4.47. The molecule has 0 atom stereocenters. The number of rotatable bonds is 6. The van der Waals surface area contributed by atoms with Crippen molar-refractivity contribution < 1.29 is 23.2 Å². The lowest BCUT2D eigenvalue weighted by molar-refractivity contribution is 0.0383. The van der Waals surface area contributed by atoms with Crippen LogP contribution in [0.25, 0.3) is 0 Å². The number of morpholine rings is 1. The maximum absolute atomic E-state index is 12.0. The van der Waals surface area contributed by atoms with E-state index in [1.807, 2.05) is 0 Å². The summed E-state index contributed by atoms with van der Waals surface area (Å²) >= 11 is 3.85. The second-order valence-electron chi connectivity index (χ2n) is 4.55. The molecule has 1 aromatic rings. The van der Waals surface area contributed by atoms with Crippen molar-refractivity contribution in [2.75, 3.05) is 39.4 Å².